The molecule has 0 aliphatic carbocycles. The number of aromatic nitrogens is 2. The van der Waals surface area contributed by atoms with Crippen molar-refractivity contribution in [1.29, 1.82) is 0 Å². The predicted molar refractivity (Wildman–Crippen MR) is 69.4 cm³/mol. The molecule has 2 heterocycles. The third-order valence-corrected chi connectivity index (χ3v) is 4.11. The van der Waals surface area contributed by atoms with Gasteiger partial charge in [-0.15, -0.1) is 0 Å². The molecule has 1 fully saturated rings. The second-order valence-electron chi connectivity index (χ2n) is 4.10. The van der Waals surface area contributed by atoms with E-state index in [4.69, 9.17) is 14.6 Å². The summed E-state index contributed by atoms with van der Waals surface area (Å²) >= 11 is 1.38. The topological polar surface area (TPSA) is 93.8 Å². The van der Waals surface area contributed by atoms with E-state index in [1.807, 2.05) is 6.26 Å². The fraction of sp³-hybridized carbons (Fsp3) is 0.636. The van der Waals surface area contributed by atoms with Gasteiger partial charge in [0.1, 0.15) is 6.10 Å². The Morgan fingerprint density at radius 3 is 2.89 bits per heavy atom. The van der Waals surface area contributed by atoms with Crippen LogP contribution >= 0.6 is 11.8 Å². The van der Waals surface area contributed by atoms with E-state index in [9.17, 15) is 9.90 Å². The van der Waals surface area contributed by atoms with Crippen LogP contribution in [0, 0.1) is 0 Å². The largest absolute Gasteiger partial charge is 0.481 e. The number of thioether (sulfide) groups is 1. The highest BCUT2D eigenvalue weighted by atomic mass is 32.2. The van der Waals surface area contributed by atoms with E-state index in [1.165, 1.54) is 29.6 Å². The second-order valence-corrected chi connectivity index (χ2v) is 5.11. The third kappa shape index (κ3) is 2.62. The first-order valence-corrected chi connectivity index (χ1v) is 7.01. The van der Waals surface area contributed by atoms with Gasteiger partial charge in [-0.25, -0.2) is 4.79 Å². The molecule has 2 N–H and O–H groups in total. The monoisotopic (exact) mass is 288 g/mol. The van der Waals surface area contributed by atoms with E-state index >= 15 is 0 Å². The highest BCUT2D eigenvalue weighted by Gasteiger charge is 2.44. The molecule has 0 spiro atoms. The van der Waals surface area contributed by atoms with Gasteiger partial charge in [-0.2, -0.15) is 16.7 Å². The Morgan fingerprint density at radius 2 is 2.37 bits per heavy atom. The first-order chi connectivity index (χ1) is 9.12. The molecular formula is C11H16N2O5S. The van der Waals surface area contributed by atoms with Crippen LogP contribution in [0.25, 0.3) is 0 Å². The molecule has 0 bridgehead atoms. The van der Waals surface area contributed by atoms with Gasteiger partial charge < -0.3 is 19.7 Å². The van der Waals surface area contributed by atoms with Crippen molar-refractivity contribution in [3.63, 3.8) is 0 Å². The maximum atomic E-state index is 11.9. The molecule has 19 heavy (non-hydrogen) atoms. The Labute approximate surface area is 114 Å². The number of nitrogens with zero attached hydrogens (tertiary/aromatic N) is 2. The minimum atomic E-state index is -0.834. The van der Waals surface area contributed by atoms with Crippen molar-refractivity contribution in [2.24, 2.45) is 0 Å². The molecule has 7 nitrogen and oxygen atoms in total. The molecule has 0 saturated carbocycles. The number of ether oxygens (including phenoxy) is 2. The van der Waals surface area contributed by atoms with Gasteiger partial charge in [-0.05, 0) is 6.26 Å². The molecule has 4 atom stereocenters. The van der Waals surface area contributed by atoms with Gasteiger partial charge in [0.05, 0.1) is 25.1 Å². The van der Waals surface area contributed by atoms with Gasteiger partial charge in [0.15, 0.2) is 6.23 Å². The van der Waals surface area contributed by atoms with E-state index in [-0.39, 0.29) is 17.7 Å². The molecule has 0 amide bonds. The number of aliphatic hydroxyl groups is 2. The number of hydrogen-bond acceptors (Lipinski definition) is 7. The van der Waals surface area contributed by atoms with Gasteiger partial charge in [-0.3, -0.25) is 4.57 Å². The lowest BCUT2D eigenvalue weighted by molar-refractivity contribution is -0.0457. The second kappa shape index (κ2) is 5.91. The van der Waals surface area contributed by atoms with E-state index in [0.717, 1.165) is 0 Å². The van der Waals surface area contributed by atoms with Gasteiger partial charge in [-0.1, -0.05) is 0 Å². The third-order valence-electron chi connectivity index (χ3n) is 3.05. The zero-order valence-electron chi connectivity index (χ0n) is 10.6. The maximum Gasteiger partial charge on any atom is 0.353 e. The first-order valence-electron chi connectivity index (χ1n) is 5.72. The van der Waals surface area contributed by atoms with E-state index in [1.54, 1.807) is 6.07 Å². The summed E-state index contributed by atoms with van der Waals surface area (Å²) in [5.74, 6) is 0.221. The van der Waals surface area contributed by atoms with Crippen LogP contribution < -0.4 is 10.4 Å². The van der Waals surface area contributed by atoms with Crippen LogP contribution in [0.1, 0.15) is 6.23 Å². The Hall–Kier alpha value is -1.09. The van der Waals surface area contributed by atoms with Crippen LogP contribution in [0.2, 0.25) is 0 Å². The van der Waals surface area contributed by atoms with E-state index < -0.39 is 24.1 Å². The van der Waals surface area contributed by atoms with Crippen LogP contribution in [0.15, 0.2) is 17.1 Å². The van der Waals surface area contributed by atoms with Crippen molar-refractivity contribution in [3.8, 4) is 5.88 Å². The Morgan fingerprint density at radius 1 is 1.63 bits per heavy atom. The minimum absolute atomic E-state index is 0.221. The molecule has 1 aromatic rings. The van der Waals surface area contributed by atoms with Crippen molar-refractivity contribution in [3.05, 3.63) is 22.7 Å². The normalized spacial score (nSPS) is 30.5. The quantitative estimate of drug-likeness (QED) is 0.751. The number of aliphatic hydroxyl groups excluding tert-OH is 2. The lowest BCUT2D eigenvalue weighted by atomic mass is 10.2. The minimum Gasteiger partial charge on any atom is -0.481 e. The molecule has 1 aromatic heterocycles. The van der Waals surface area contributed by atoms with Crippen molar-refractivity contribution in [1.82, 2.24) is 9.55 Å². The number of rotatable bonds is 4. The predicted octanol–water partition coefficient (Wildman–Crippen LogP) is -0.766. The van der Waals surface area contributed by atoms with Crippen LogP contribution in [0.5, 0.6) is 5.88 Å². The summed E-state index contributed by atoms with van der Waals surface area (Å²) in [4.78, 5) is 15.6. The Balaban J connectivity index is 2.33. The van der Waals surface area contributed by atoms with Gasteiger partial charge in [0.25, 0.3) is 0 Å². The molecule has 8 heteroatoms. The Kier molecular flexibility index (Phi) is 4.46. The summed E-state index contributed by atoms with van der Waals surface area (Å²) < 4.78 is 11.7. The highest BCUT2D eigenvalue weighted by molar-refractivity contribution is 7.99. The molecule has 0 aromatic carbocycles. The van der Waals surface area contributed by atoms with Crippen LogP contribution in [0.3, 0.4) is 0 Å². The van der Waals surface area contributed by atoms with E-state index in [0.29, 0.717) is 0 Å². The lowest BCUT2D eigenvalue weighted by Gasteiger charge is -2.19. The molecule has 0 radical (unpaired) electrons. The van der Waals surface area contributed by atoms with Gasteiger partial charge >= 0.3 is 5.69 Å². The summed E-state index contributed by atoms with van der Waals surface area (Å²) in [6.07, 6.45) is 1.13. The van der Waals surface area contributed by atoms with Crippen LogP contribution in [-0.4, -0.2) is 57.2 Å². The summed E-state index contributed by atoms with van der Waals surface area (Å²) in [7, 11) is 1.43. The zero-order chi connectivity index (χ0) is 14.0. The van der Waals surface area contributed by atoms with E-state index in [2.05, 4.69) is 4.98 Å². The fourth-order valence-electron chi connectivity index (χ4n) is 2.05. The summed E-state index contributed by atoms with van der Waals surface area (Å²) in [6.45, 7) is -0.299. The fourth-order valence-corrected chi connectivity index (χ4v) is 2.93. The number of methoxy groups -OCH3 is 1. The first kappa shape index (κ1) is 14.3. The van der Waals surface area contributed by atoms with Crippen LogP contribution in [-0.2, 0) is 4.74 Å². The van der Waals surface area contributed by atoms with Gasteiger partial charge in [0.2, 0.25) is 5.88 Å². The standard InChI is InChI=1S/C11H16N2O5S/c1-17-7-3-4-13(11(16)12-7)10-9(19-2)8(15)6(5-14)18-10/h3-4,6,8-10,14-15H,5H2,1-2H3. The smallest absolute Gasteiger partial charge is 0.353 e. The van der Waals surface area contributed by atoms with Crippen LogP contribution in [0.4, 0.5) is 0 Å². The maximum absolute atomic E-state index is 11.9. The molecule has 1 aliphatic rings. The number of hydrogen-bond donors (Lipinski definition) is 2. The molecule has 4 unspecified atom stereocenters. The molecule has 2 rings (SSSR count). The van der Waals surface area contributed by atoms with Crippen molar-refractivity contribution in [2.45, 2.75) is 23.7 Å². The Bertz CT molecular complexity index is 494. The summed E-state index contributed by atoms with van der Waals surface area (Å²) in [5, 5.41) is 18.8. The molecule has 106 valence electrons. The summed E-state index contributed by atoms with van der Waals surface area (Å²) in [6, 6.07) is 1.54. The zero-order valence-corrected chi connectivity index (χ0v) is 11.4. The van der Waals surface area contributed by atoms with Gasteiger partial charge in [0, 0.05) is 12.3 Å². The molecular weight excluding hydrogens is 272 g/mol. The average Bonchev–Trinajstić information content (AvgIpc) is 2.74. The average molecular weight is 288 g/mol. The molecule has 1 aliphatic heterocycles. The van der Waals surface area contributed by atoms with Crippen molar-refractivity contribution in [2.75, 3.05) is 20.0 Å². The van der Waals surface area contributed by atoms with Crippen molar-refractivity contribution < 1.29 is 19.7 Å². The highest BCUT2D eigenvalue weighted by Crippen LogP contribution is 2.35. The SMILES string of the molecule is COc1ccn(C2OC(CO)C(O)C2SC)c(=O)n1. The molecule has 1 saturated heterocycles. The summed E-state index contributed by atoms with van der Waals surface area (Å²) in [5.41, 5.74) is -0.519. The lowest BCUT2D eigenvalue weighted by Crippen LogP contribution is -2.34. The van der Waals surface area contributed by atoms with Crippen molar-refractivity contribution >= 4 is 11.8 Å².